The van der Waals surface area contributed by atoms with Crippen LogP contribution in [-0.4, -0.2) is 22.6 Å². The molecule has 0 radical (unpaired) electrons. The highest BCUT2D eigenvalue weighted by molar-refractivity contribution is 7.09. The summed E-state index contributed by atoms with van der Waals surface area (Å²) in [5.41, 5.74) is 2.03. The van der Waals surface area contributed by atoms with Crippen molar-refractivity contribution in [2.24, 2.45) is 5.41 Å². The van der Waals surface area contributed by atoms with E-state index in [0.29, 0.717) is 6.54 Å². The molecule has 0 saturated carbocycles. The maximum absolute atomic E-state index is 11.0. The number of nitrogens with zero attached hydrogens (tertiary/aromatic N) is 1. The molecule has 5 nitrogen and oxygen atoms in total. The van der Waals surface area contributed by atoms with Crippen molar-refractivity contribution in [3.8, 4) is 0 Å². The van der Waals surface area contributed by atoms with E-state index < -0.39 is 5.91 Å². The third-order valence-electron chi connectivity index (χ3n) is 1.82. The Kier molecular flexibility index (Phi) is 7.73. The number of carbonyl (C=O) groups excluding carboxylic acids is 1. The van der Waals surface area contributed by atoms with Gasteiger partial charge in [0, 0.05) is 18.5 Å². The van der Waals surface area contributed by atoms with Crippen LogP contribution in [0.4, 0.5) is 0 Å². The first-order chi connectivity index (χ1) is 8.42. The van der Waals surface area contributed by atoms with Gasteiger partial charge in [-0.1, -0.05) is 34.6 Å². The molecule has 0 saturated heterocycles. The Balaban J connectivity index is 0.00000137. The Labute approximate surface area is 113 Å². The number of rotatable bonds is 4. The van der Waals surface area contributed by atoms with Crippen LogP contribution in [0.1, 0.15) is 50.1 Å². The monoisotopic (exact) mass is 273 g/mol. The van der Waals surface area contributed by atoms with Gasteiger partial charge in [0.15, 0.2) is 0 Å². The topological polar surface area (TPSA) is 74.2 Å². The zero-order valence-corrected chi connectivity index (χ0v) is 12.5. The zero-order valence-electron chi connectivity index (χ0n) is 11.7. The van der Waals surface area contributed by atoms with Crippen LogP contribution in [0, 0.1) is 5.41 Å². The number of aromatic nitrogens is 1. The summed E-state index contributed by atoms with van der Waals surface area (Å²) < 4.78 is 0. The average Bonchev–Trinajstić information content (AvgIpc) is 2.78. The number of hydroxylamine groups is 1. The fourth-order valence-electron chi connectivity index (χ4n) is 1.10. The molecule has 0 aliphatic rings. The standard InChI is InChI=1S/C10H17N3O2S.C2H6/c1-10(2,3)6-11-4-8-12-7(5-16-8)9(14)13-15;1-2/h5,11,15H,4,6H2,1-3H3,(H,13,14);1-2H3. The minimum absolute atomic E-state index is 0.225. The van der Waals surface area contributed by atoms with Gasteiger partial charge in [0.1, 0.15) is 10.7 Å². The average molecular weight is 273 g/mol. The van der Waals surface area contributed by atoms with Crippen molar-refractivity contribution in [1.29, 1.82) is 0 Å². The molecule has 0 unspecified atom stereocenters. The van der Waals surface area contributed by atoms with Crippen molar-refractivity contribution in [1.82, 2.24) is 15.8 Å². The molecule has 6 heteroatoms. The summed E-state index contributed by atoms with van der Waals surface area (Å²) in [6, 6.07) is 0. The first kappa shape index (κ1) is 17.0. The van der Waals surface area contributed by atoms with Crippen molar-refractivity contribution in [3.63, 3.8) is 0 Å². The molecule has 1 aromatic heterocycles. The molecule has 0 aliphatic heterocycles. The minimum Gasteiger partial charge on any atom is -0.310 e. The molecular weight excluding hydrogens is 250 g/mol. The van der Waals surface area contributed by atoms with Crippen LogP contribution in [0.5, 0.6) is 0 Å². The van der Waals surface area contributed by atoms with Gasteiger partial charge in [-0.2, -0.15) is 0 Å². The molecule has 0 spiro atoms. The quantitative estimate of drug-likeness (QED) is 0.582. The second kappa shape index (κ2) is 8.18. The van der Waals surface area contributed by atoms with E-state index in [1.807, 2.05) is 13.8 Å². The van der Waals surface area contributed by atoms with Gasteiger partial charge in [0.05, 0.1) is 0 Å². The Morgan fingerprint density at radius 3 is 2.56 bits per heavy atom. The van der Waals surface area contributed by atoms with Crippen molar-refractivity contribution in [3.05, 3.63) is 16.1 Å². The van der Waals surface area contributed by atoms with E-state index in [0.717, 1.165) is 11.6 Å². The fraction of sp³-hybridized carbons (Fsp3) is 0.667. The number of carbonyl (C=O) groups is 1. The lowest BCUT2D eigenvalue weighted by Crippen LogP contribution is -2.26. The van der Waals surface area contributed by atoms with E-state index in [2.05, 4.69) is 31.1 Å². The summed E-state index contributed by atoms with van der Waals surface area (Å²) in [6.45, 7) is 12.0. The van der Waals surface area contributed by atoms with Gasteiger partial charge in [-0.25, -0.2) is 10.5 Å². The van der Waals surface area contributed by atoms with Gasteiger partial charge in [0.25, 0.3) is 5.91 Å². The Bertz CT molecular complexity index is 358. The van der Waals surface area contributed by atoms with E-state index in [1.54, 1.807) is 10.9 Å². The summed E-state index contributed by atoms with van der Waals surface area (Å²) in [6.07, 6.45) is 0. The molecule has 0 aromatic carbocycles. The van der Waals surface area contributed by atoms with Crippen molar-refractivity contribution in [2.75, 3.05) is 6.54 Å². The molecule has 104 valence electrons. The molecule has 1 rings (SSSR count). The number of thiazole rings is 1. The molecule has 0 bridgehead atoms. The highest BCUT2D eigenvalue weighted by atomic mass is 32.1. The van der Waals surface area contributed by atoms with Crippen molar-refractivity contribution < 1.29 is 10.0 Å². The predicted octanol–water partition coefficient (Wildman–Crippen LogP) is 2.42. The third kappa shape index (κ3) is 6.68. The van der Waals surface area contributed by atoms with Crippen molar-refractivity contribution in [2.45, 2.75) is 41.2 Å². The fourth-order valence-corrected chi connectivity index (χ4v) is 1.84. The largest absolute Gasteiger partial charge is 0.310 e. The second-order valence-corrected chi connectivity index (χ2v) is 5.67. The smallest absolute Gasteiger partial charge is 0.294 e. The van der Waals surface area contributed by atoms with E-state index in [9.17, 15) is 4.79 Å². The van der Waals surface area contributed by atoms with E-state index in [4.69, 9.17) is 5.21 Å². The third-order valence-corrected chi connectivity index (χ3v) is 2.67. The number of hydrogen-bond acceptors (Lipinski definition) is 5. The van der Waals surface area contributed by atoms with Crippen LogP contribution >= 0.6 is 11.3 Å². The van der Waals surface area contributed by atoms with Crippen LogP contribution in [0.3, 0.4) is 0 Å². The first-order valence-electron chi connectivity index (χ1n) is 6.02. The second-order valence-electron chi connectivity index (χ2n) is 4.73. The lowest BCUT2D eigenvalue weighted by Gasteiger charge is -2.18. The number of amides is 1. The summed E-state index contributed by atoms with van der Waals surface area (Å²) in [7, 11) is 0. The summed E-state index contributed by atoms with van der Waals surface area (Å²) in [4.78, 5) is 15.1. The predicted molar refractivity (Wildman–Crippen MR) is 73.9 cm³/mol. The van der Waals surface area contributed by atoms with Crippen LogP contribution in [0.2, 0.25) is 0 Å². The zero-order chi connectivity index (χ0) is 14.2. The van der Waals surface area contributed by atoms with Crippen LogP contribution < -0.4 is 10.8 Å². The molecule has 1 heterocycles. The molecule has 1 aromatic rings. The molecule has 1 amide bonds. The Hall–Kier alpha value is -0.980. The lowest BCUT2D eigenvalue weighted by atomic mass is 9.97. The van der Waals surface area contributed by atoms with Gasteiger partial charge >= 0.3 is 0 Å². The van der Waals surface area contributed by atoms with Gasteiger partial charge in [-0.3, -0.25) is 10.0 Å². The maximum atomic E-state index is 11.0. The SMILES string of the molecule is CC.CC(C)(C)CNCc1nc(C(=O)NO)cs1. The van der Waals surface area contributed by atoms with E-state index >= 15 is 0 Å². The van der Waals surface area contributed by atoms with Gasteiger partial charge in [-0.05, 0) is 5.41 Å². The van der Waals surface area contributed by atoms with Crippen LogP contribution in [-0.2, 0) is 6.54 Å². The van der Waals surface area contributed by atoms with Gasteiger partial charge in [-0.15, -0.1) is 11.3 Å². The highest BCUT2D eigenvalue weighted by Gasteiger charge is 2.11. The lowest BCUT2D eigenvalue weighted by molar-refractivity contribution is 0.0701. The summed E-state index contributed by atoms with van der Waals surface area (Å²) >= 11 is 1.40. The molecule has 0 aliphatic carbocycles. The molecular formula is C12H23N3O2S. The van der Waals surface area contributed by atoms with Crippen molar-refractivity contribution >= 4 is 17.2 Å². The Morgan fingerprint density at radius 1 is 1.44 bits per heavy atom. The number of hydrogen-bond donors (Lipinski definition) is 3. The maximum Gasteiger partial charge on any atom is 0.294 e. The van der Waals surface area contributed by atoms with Gasteiger partial charge in [0.2, 0.25) is 0 Å². The molecule has 0 fully saturated rings. The highest BCUT2D eigenvalue weighted by Crippen LogP contribution is 2.12. The summed E-state index contributed by atoms with van der Waals surface area (Å²) in [5.74, 6) is -0.571. The minimum atomic E-state index is -0.571. The Morgan fingerprint density at radius 2 is 2.06 bits per heavy atom. The molecule has 3 N–H and O–H groups in total. The molecule has 18 heavy (non-hydrogen) atoms. The van der Waals surface area contributed by atoms with E-state index in [-0.39, 0.29) is 11.1 Å². The van der Waals surface area contributed by atoms with E-state index in [1.165, 1.54) is 11.3 Å². The van der Waals surface area contributed by atoms with Crippen LogP contribution in [0.25, 0.3) is 0 Å². The first-order valence-corrected chi connectivity index (χ1v) is 6.90. The normalized spacial score (nSPS) is 10.6. The van der Waals surface area contributed by atoms with Crippen LogP contribution in [0.15, 0.2) is 5.38 Å². The van der Waals surface area contributed by atoms with Gasteiger partial charge < -0.3 is 5.32 Å². The number of nitrogens with one attached hydrogen (secondary N) is 2. The summed E-state index contributed by atoms with van der Waals surface area (Å²) in [5, 5.41) is 14.2. The molecule has 0 atom stereocenters.